The van der Waals surface area contributed by atoms with Gasteiger partial charge in [-0.05, 0) is 25.5 Å². The van der Waals surface area contributed by atoms with Gasteiger partial charge in [0.15, 0.2) is 17.7 Å². The molecule has 2 rings (SSSR count). The van der Waals surface area contributed by atoms with Crippen LogP contribution in [0.25, 0.3) is 0 Å². The summed E-state index contributed by atoms with van der Waals surface area (Å²) in [6, 6.07) is 6.08. The number of hydrogen-bond acceptors (Lipinski definition) is 4. The Kier molecular flexibility index (Phi) is 5.92. The molecule has 1 heterocycles. The van der Waals surface area contributed by atoms with Crippen LogP contribution in [0.5, 0.6) is 5.75 Å². The first-order valence-corrected chi connectivity index (χ1v) is 7.50. The number of nitrogens with zero attached hydrogens (tertiary/aromatic N) is 1. The van der Waals surface area contributed by atoms with E-state index in [0.29, 0.717) is 13.0 Å². The summed E-state index contributed by atoms with van der Waals surface area (Å²) in [4.78, 5) is 24.6. The normalized spacial score (nSPS) is 21.0. The van der Waals surface area contributed by atoms with Crippen molar-refractivity contribution in [1.82, 2.24) is 4.90 Å². The van der Waals surface area contributed by atoms with Crippen LogP contribution in [-0.2, 0) is 14.3 Å². The van der Waals surface area contributed by atoms with Crippen molar-refractivity contribution in [1.29, 1.82) is 0 Å². The minimum absolute atomic E-state index is 0.0483. The summed E-state index contributed by atoms with van der Waals surface area (Å²) in [5, 5.41) is 9.00. The monoisotopic (exact) mass is 325 g/mol. The van der Waals surface area contributed by atoms with Crippen LogP contribution in [0.2, 0.25) is 0 Å². The lowest BCUT2D eigenvalue weighted by atomic mass is 10.2. The molecule has 1 aliphatic rings. The van der Waals surface area contributed by atoms with Gasteiger partial charge in [-0.1, -0.05) is 12.1 Å². The maximum absolute atomic E-state index is 13.4. The zero-order valence-corrected chi connectivity index (χ0v) is 12.9. The molecule has 23 heavy (non-hydrogen) atoms. The lowest BCUT2D eigenvalue weighted by Gasteiger charge is -2.35. The topological polar surface area (TPSA) is 76.1 Å². The molecule has 1 aromatic rings. The van der Waals surface area contributed by atoms with Crippen LogP contribution in [0.3, 0.4) is 0 Å². The predicted molar refractivity (Wildman–Crippen MR) is 79.7 cm³/mol. The van der Waals surface area contributed by atoms with Gasteiger partial charge in [0.25, 0.3) is 0 Å². The van der Waals surface area contributed by atoms with Gasteiger partial charge in [0, 0.05) is 13.0 Å². The van der Waals surface area contributed by atoms with Gasteiger partial charge < -0.3 is 19.5 Å². The number of carboxylic acids is 1. The van der Waals surface area contributed by atoms with Crippen molar-refractivity contribution < 1.29 is 28.6 Å². The zero-order valence-electron chi connectivity index (χ0n) is 12.9. The van der Waals surface area contributed by atoms with Crippen molar-refractivity contribution in [2.24, 2.45) is 0 Å². The van der Waals surface area contributed by atoms with Crippen molar-refractivity contribution in [2.75, 3.05) is 19.7 Å². The molecule has 126 valence electrons. The van der Waals surface area contributed by atoms with Crippen molar-refractivity contribution in [2.45, 2.75) is 32.0 Å². The molecule has 1 saturated heterocycles. The molecule has 1 fully saturated rings. The third-order valence-corrected chi connectivity index (χ3v) is 3.52. The van der Waals surface area contributed by atoms with Gasteiger partial charge in [-0.25, -0.2) is 9.18 Å². The molecule has 0 aliphatic carbocycles. The molecule has 6 nitrogen and oxygen atoms in total. The van der Waals surface area contributed by atoms with Crippen LogP contribution < -0.4 is 4.74 Å². The SMILES string of the molecule is C[C@@H]1CN(C(=O)CCCOc2ccccc2F)CC(C(=O)O)O1. The Morgan fingerprint density at radius 3 is 2.83 bits per heavy atom. The summed E-state index contributed by atoms with van der Waals surface area (Å²) < 4.78 is 23.9. The van der Waals surface area contributed by atoms with E-state index in [0.717, 1.165) is 0 Å². The van der Waals surface area contributed by atoms with E-state index in [1.54, 1.807) is 19.1 Å². The molecule has 0 saturated carbocycles. The molecule has 2 atom stereocenters. The number of amides is 1. The smallest absolute Gasteiger partial charge is 0.334 e. The summed E-state index contributed by atoms with van der Waals surface area (Å²) in [5.74, 6) is -1.50. The maximum Gasteiger partial charge on any atom is 0.334 e. The van der Waals surface area contributed by atoms with Crippen LogP contribution in [0.4, 0.5) is 4.39 Å². The minimum Gasteiger partial charge on any atom is -0.491 e. The largest absolute Gasteiger partial charge is 0.491 e. The fourth-order valence-corrected chi connectivity index (χ4v) is 2.42. The summed E-state index contributed by atoms with van der Waals surface area (Å²) in [6.07, 6.45) is -0.662. The molecule has 1 N–H and O–H groups in total. The van der Waals surface area contributed by atoms with Crippen LogP contribution in [0, 0.1) is 5.82 Å². The molecule has 0 spiro atoms. The zero-order chi connectivity index (χ0) is 16.8. The average molecular weight is 325 g/mol. The van der Waals surface area contributed by atoms with Gasteiger partial charge in [-0.3, -0.25) is 4.79 Å². The van der Waals surface area contributed by atoms with E-state index in [-0.39, 0.29) is 37.3 Å². The number of carbonyl (C=O) groups is 2. The number of carboxylic acid groups (broad SMARTS) is 1. The Balaban J connectivity index is 1.76. The summed E-state index contributed by atoms with van der Waals surface area (Å²) in [5.41, 5.74) is 0. The van der Waals surface area contributed by atoms with E-state index in [1.165, 1.54) is 17.0 Å². The van der Waals surface area contributed by atoms with E-state index >= 15 is 0 Å². The van der Waals surface area contributed by atoms with Crippen molar-refractivity contribution in [3.05, 3.63) is 30.1 Å². The van der Waals surface area contributed by atoms with E-state index in [2.05, 4.69) is 0 Å². The Morgan fingerprint density at radius 2 is 2.13 bits per heavy atom. The quantitative estimate of drug-likeness (QED) is 0.806. The van der Waals surface area contributed by atoms with E-state index in [1.807, 2.05) is 0 Å². The average Bonchev–Trinajstić information content (AvgIpc) is 2.52. The molecule has 7 heteroatoms. The number of carbonyl (C=O) groups excluding carboxylic acids is 1. The van der Waals surface area contributed by atoms with E-state index < -0.39 is 17.9 Å². The van der Waals surface area contributed by atoms with E-state index in [9.17, 15) is 14.0 Å². The summed E-state index contributed by atoms with van der Waals surface area (Å²) in [7, 11) is 0. The number of halogens is 1. The number of benzene rings is 1. The van der Waals surface area contributed by atoms with Gasteiger partial charge in [0.05, 0.1) is 19.3 Å². The number of hydrogen-bond donors (Lipinski definition) is 1. The molecular formula is C16H20FNO5. The molecule has 1 aliphatic heterocycles. The highest BCUT2D eigenvalue weighted by Crippen LogP contribution is 2.16. The van der Waals surface area contributed by atoms with Gasteiger partial charge in [0.2, 0.25) is 5.91 Å². The first-order valence-electron chi connectivity index (χ1n) is 7.50. The Hall–Kier alpha value is -2.15. The second-order valence-electron chi connectivity index (χ2n) is 5.45. The second kappa shape index (κ2) is 7.92. The lowest BCUT2D eigenvalue weighted by Crippen LogP contribution is -2.51. The molecule has 1 amide bonds. The fourth-order valence-electron chi connectivity index (χ4n) is 2.42. The third kappa shape index (κ3) is 4.92. The van der Waals surface area contributed by atoms with Gasteiger partial charge in [0.1, 0.15) is 0 Å². The van der Waals surface area contributed by atoms with Gasteiger partial charge in [-0.15, -0.1) is 0 Å². The fraction of sp³-hybridized carbons (Fsp3) is 0.500. The predicted octanol–water partition coefficient (Wildman–Crippen LogP) is 1.69. The number of rotatable bonds is 6. The van der Waals surface area contributed by atoms with Crippen molar-refractivity contribution in [3.8, 4) is 5.75 Å². The van der Waals surface area contributed by atoms with Crippen molar-refractivity contribution >= 4 is 11.9 Å². The first kappa shape index (κ1) is 17.2. The van der Waals surface area contributed by atoms with Crippen molar-refractivity contribution in [3.63, 3.8) is 0 Å². The van der Waals surface area contributed by atoms with E-state index in [4.69, 9.17) is 14.6 Å². The second-order valence-corrected chi connectivity index (χ2v) is 5.45. The highest BCUT2D eigenvalue weighted by Gasteiger charge is 2.32. The van der Waals surface area contributed by atoms with Crippen LogP contribution in [0.15, 0.2) is 24.3 Å². The Bertz CT molecular complexity index is 565. The van der Waals surface area contributed by atoms with Crippen LogP contribution in [0.1, 0.15) is 19.8 Å². The maximum atomic E-state index is 13.4. The lowest BCUT2D eigenvalue weighted by molar-refractivity contribution is -0.166. The standard InChI is InChI=1S/C16H20FNO5/c1-11-9-18(10-14(23-11)16(20)21)15(19)7-4-8-22-13-6-3-2-5-12(13)17/h2-3,5-6,11,14H,4,7-10H2,1H3,(H,20,21)/t11-,14?/m1/s1. The first-order chi connectivity index (χ1) is 11.0. The minimum atomic E-state index is -1.07. The summed E-state index contributed by atoms with van der Waals surface area (Å²) in [6.45, 7) is 2.37. The molecule has 0 radical (unpaired) electrons. The van der Waals surface area contributed by atoms with Crippen LogP contribution >= 0.6 is 0 Å². The number of aliphatic carboxylic acids is 1. The number of para-hydroxylation sites is 1. The Labute approximate surface area is 133 Å². The van der Waals surface area contributed by atoms with Crippen LogP contribution in [-0.4, -0.2) is 53.8 Å². The molecular weight excluding hydrogens is 305 g/mol. The third-order valence-electron chi connectivity index (χ3n) is 3.52. The molecule has 1 unspecified atom stereocenters. The molecule has 0 aromatic heterocycles. The molecule has 1 aromatic carbocycles. The highest BCUT2D eigenvalue weighted by atomic mass is 19.1. The van der Waals surface area contributed by atoms with Gasteiger partial charge in [-0.2, -0.15) is 0 Å². The number of morpholine rings is 1. The summed E-state index contributed by atoms with van der Waals surface area (Å²) >= 11 is 0. The van der Waals surface area contributed by atoms with Gasteiger partial charge >= 0.3 is 5.97 Å². The highest BCUT2D eigenvalue weighted by molar-refractivity contribution is 5.78. The number of ether oxygens (including phenoxy) is 2. The molecule has 0 bridgehead atoms. The Morgan fingerprint density at radius 1 is 1.39 bits per heavy atom.